The number of anilines is 1. The topological polar surface area (TPSA) is 69.6 Å². The number of carboxylic acids is 1. The van der Waals surface area contributed by atoms with Crippen LogP contribution in [0.5, 0.6) is 0 Å². The molecular weight excluding hydrogens is 324 g/mol. The molecule has 0 spiro atoms. The summed E-state index contributed by atoms with van der Waals surface area (Å²) < 4.78 is 0.936. The minimum Gasteiger partial charge on any atom is -0.480 e. The van der Waals surface area contributed by atoms with Gasteiger partial charge in [-0.3, -0.25) is 0 Å². The fraction of sp³-hybridized carbons (Fsp3) is 0.429. The molecular formula is C14H17BrN2O3. The molecule has 1 fully saturated rings. The van der Waals surface area contributed by atoms with E-state index in [1.54, 1.807) is 6.07 Å². The summed E-state index contributed by atoms with van der Waals surface area (Å²) in [6, 6.07) is 4.44. The normalized spacial score (nSPS) is 21.9. The molecule has 1 aromatic carbocycles. The van der Waals surface area contributed by atoms with Crippen molar-refractivity contribution >= 4 is 33.6 Å². The molecule has 0 saturated carbocycles. The molecule has 0 aromatic heterocycles. The molecule has 2 unspecified atom stereocenters. The summed E-state index contributed by atoms with van der Waals surface area (Å²) in [6.07, 6.45) is 0.712. The third kappa shape index (κ3) is 2.95. The number of benzene rings is 1. The van der Waals surface area contributed by atoms with Gasteiger partial charge in [0.15, 0.2) is 0 Å². The maximum absolute atomic E-state index is 12.3. The first kappa shape index (κ1) is 14.8. The predicted octanol–water partition coefficient (Wildman–Crippen LogP) is 3.08. The lowest BCUT2D eigenvalue weighted by molar-refractivity contribution is -0.142. The van der Waals surface area contributed by atoms with Gasteiger partial charge in [-0.15, -0.1) is 0 Å². The molecule has 1 saturated heterocycles. The Bertz CT molecular complexity index is 547. The van der Waals surface area contributed by atoms with E-state index in [0.29, 0.717) is 18.7 Å². The number of urea groups is 1. The van der Waals surface area contributed by atoms with E-state index < -0.39 is 12.0 Å². The summed E-state index contributed by atoms with van der Waals surface area (Å²) in [6.45, 7) is 4.22. The average molecular weight is 341 g/mol. The molecule has 1 aromatic rings. The van der Waals surface area contributed by atoms with Crippen molar-refractivity contribution in [2.24, 2.45) is 5.92 Å². The van der Waals surface area contributed by atoms with Crippen molar-refractivity contribution < 1.29 is 14.7 Å². The summed E-state index contributed by atoms with van der Waals surface area (Å²) in [4.78, 5) is 24.9. The molecule has 0 bridgehead atoms. The largest absolute Gasteiger partial charge is 0.480 e. The first-order valence-corrected chi connectivity index (χ1v) is 7.26. The molecule has 5 nitrogen and oxygen atoms in total. The van der Waals surface area contributed by atoms with Gasteiger partial charge < -0.3 is 15.3 Å². The number of rotatable bonds is 2. The molecule has 1 aliphatic rings. The van der Waals surface area contributed by atoms with Crippen LogP contribution in [0.3, 0.4) is 0 Å². The number of likely N-dealkylation sites (tertiary alicyclic amines) is 1. The standard InChI is InChI=1S/C14H17BrN2O3/c1-8-5-6-17(12(8)13(18)19)14(20)16-11-4-3-10(15)7-9(11)2/h3-4,7-8,12H,5-6H2,1-2H3,(H,16,20)(H,18,19). The summed E-state index contributed by atoms with van der Waals surface area (Å²) in [5.74, 6) is -0.970. The molecule has 108 valence electrons. The van der Waals surface area contributed by atoms with Crippen LogP contribution in [0.15, 0.2) is 22.7 Å². The number of nitrogens with zero attached hydrogens (tertiary/aromatic N) is 1. The zero-order valence-corrected chi connectivity index (χ0v) is 13.0. The molecule has 20 heavy (non-hydrogen) atoms. The Balaban J connectivity index is 2.14. The van der Waals surface area contributed by atoms with Crippen LogP contribution in [0.2, 0.25) is 0 Å². The smallest absolute Gasteiger partial charge is 0.326 e. The van der Waals surface area contributed by atoms with Crippen LogP contribution in [0.4, 0.5) is 10.5 Å². The molecule has 2 N–H and O–H groups in total. The van der Waals surface area contributed by atoms with E-state index in [0.717, 1.165) is 10.0 Å². The number of hydrogen-bond donors (Lipinski definition) is 2. The minimum absolute atomic E-state index is 0.0238. The van der Waals surface area contributed by atoms with Gasteiger partial charge >= 0.3 is 12.0 Å². The van der Waals surface area contributed by atoms with Crippen LogP contribution in [0.1, 0.15) is 18.9 Å². The van der Waals surface area contributed by atoms with E-state index in [1.807, 2.05) is 26.0 Å². The highest BCUT2D eigenvalue weighted by Gasteiger charge is 2.39. The van der Waals surface area contributed by atoms with Crippen LogP contribution in [0, 0.1) is 12.8 Å². The van der Waals surface area contributed by atoms with Gasteiger partial charge in [-0.25, -0.2) is 9.59 Å². The highest BCUT2D eigenvalue weighted by Crippen LogP contribution is 2.26. The van der Waals surface area contributed by atoms with Crippen LogP contribution >= 0.6 is 15.9 Å². The lowest BCUT2D eigenvalue weighted by Gasteiger charge is -2.24. The monoisotopic (exact) mass is 340 g/mol. The number of aryl methyl sites for hydroxylation is 1. The molecule has 1 heterocycles. The predicted molar refractivity (Wildman–Crippen MR) is 79.8 cm³/mol. The molecule has 2 amide bonds. The van der Waals surface area contributed by atoms with Gasteiger partial charge in [-0.2, -0.15) is 0 Å². The van der Waals surface area contributed by atoms with Crippen molar-refractivity contribution in [3.63, 3.8) is 0 Å². The number of carbonyl (C=O) groups is 2. The average Bonchev–Trinajstić information content (AvgIpc) is 2.74. The molecule has 1 aliphatic heterocycles. The second kappa shape index (κ2) is 5.83. The van der Waals surface area contributed by atoms with Crippen LogP contribution in [0.25, 0.3) is 0 Å². The fourth-order valence-corrected chi connectivity index (χ4v) is 2.98. The van der Waals surface area contributed by atoms with Gasteiger partial charge in [-0.1, -0.05) is 22.9 Å². The Kier molecular flexibility index (Phi) is 4.32. The lowest BCUT2D eigenvalue weighted by atomic mass is 10.0. The Morgan fingerprint density at radius 1 is 1.45 bits per heavy atom. The van der Waals surface area contributed by atoms with Crippen LogP contribution in [-0.4, -0.2) is 34.6 Å². The molecule has 6 heteroatoms. The fourth-order valence-electron chi connectivity index (χ4n) is 2.51. The second-order valence-electron chi connectivity index (χ2n) is 5.13. The summed E-state index contributed by atoms with van der Waals surface area (Å²) in [7, 11) is 0. The number of hydrogen-bond acceptors (Lipinski definition) is 2. The van der Waals surface area contributed by atoms with Crippen molar-refractivity contribution in [2.75, 3.05) is 11.9 Å². The summed E-state index contributed by atoms with van der Waals surface area (Å²) in [5.41, 5.74) is 1.62. The van der Waals surface area contributed by atoms with Crippen molar-refractivity contribution in [3.05, 3.63) is 28.2 Å². The Hall–Kier alpha value is -1.56. The highest BCUT2D eigenvalue weighted by atomic mass is 79.9. The van der Waals surface area contributed by atoms with Crippen molar-refractivity contribution in [3.8, 4) is 0 Å². The molecule has 0 aliphatic carbocycles. The van der Waals surface area contributed by atoms with Gasteiger partial charge in [0, 0.05) is 16.7 Å². The van der Waals surface area contributed by atoms with E-state index in [4.69, 9.17) is 0 Å². The number of carboxylic acid groups (broad SMARTS) is 1. The van der Waals surface area contributed by atoms with Crippen LogP contribution in [-0.2, 0) is 4.79 Å². The Morgan fingerprint density at radius 3 is 2.75 bits per heavy atom. The van der Waals surface area contributed by atoms with E-state index >= 15 is 0 Å². The third-order valence-electron chi connectivity index (χ3n) is 3.64. The number of halogens is 1. The van der Waals surface area contributed by atoms with Gasteiger partial charge in [0.1, 0.15) is 6.04 Å². The van der Waals surface area contributed by atoms with E-state index in [-0.39, 0.29) is 11.9 Å². The number of nitrogens with one attached hydrogen (secondary N) is 1. The van der Waals surface area contributed by atoms with Crippen LogP contribution < -0.4 is 5.32 Å². The van der Waals surface area contributed by atoms with Crippen molar-refractivity contribution in [1.82, 2.24) is 4.90 Å². The van der Waals surface area contributed by atoms with Gasteiger partial charge in [-0.05, 0) is 43.0 Å². The van der Waals surface area contributed by atoms with Gasteiger partial charge in [0.25, 0.3) is 0 Å². The summed E-state index contributed by atoms with van der Waals surface area (Å²) in [5, 5.41) is 12.0. The summed E-state index contributed by atoms with van der Waals surface area (Å²) >= 11 is 3.36. The van der Waals surface area contributed by atoms with Crippen molar-refractivity contribution in [2.45, 2.75) is 26.3 Å². The SMILES string of the molecule is Cc1cc(Br)ccc1NC(=O)N1CCC(C)C1C(=O)O. The Labute approximate surface area is 126 Å². The first-order chi connectivity index (χ1) is 9.40. The van der Waals surface area contributed by atoms with Gasteiger partial charge in [0.2, 0.25) is 0 Å². The maximum atomic E-state index is 12.3. The molecule has 2 rings (SSSR count). The second-order valence-corrected chi connectivity index (χ2v) is 6.05. The maximum Gasteiger partial charge on any atom is 0.326 e. The third-order valence-corrected chi connectivity index (χ3v) is 4.14. The van der Waals surface area contributed by atoms with Gasteiger partial charge in [0.05, 0.1) is 0 Å². The first-order valence-electron chi connectivity index (χ1n) is 6.46. The van der Waals surface area contributed by atoms with E-state index in [1.165, 1.54) is 4.90 Å². The quantitative estimate of drug-likeness (QED) is 0.869. The lowest BCUT2D eigenvalue weighted by Crippen LogP contribution is -2.44. The zero-order valence-electron chi connectivity index (χ0n) is 11.4. The van der Waals surface area contributed by atoms with Crippen molar-refractivity contribution in [1.29, 1.82) is 0 Å². The Morgan fingerprint density at radius 2 is 2.15 bits per heavy atom. The molecule has 0 radical (unpaired) electrons. The highest BCUT2D eigenvalue weighted by molar-refractivity contribution is 9.10. The van der Waals surface area contributed by atoms with E-state index in [2.05, 4.69) is 21.2 Å². The number of aliphatic carboxylic acids is 1. The zero-order chi connectivity index (χ0) is 14.9. The number of amides is 2. The minimum atomic E-state index is -0.947. The van der Waals surface area contributed by atoms with E-state index in [9.17, 15) is 14.7 Å². The number of carbonyl (C=O) groups excluding carboxylic acids is 1. The molecule has 2 atom stereocenters.